The van der Waals surface area contributed by atoms with Crippen LogP contribution in [-0.2, 0) is 4.79 Å². The summed E-state index contributed by atoms with van der Waals surface area (Å²) in [7, 11) is 3.42. The van der Waals surface area contributed by atoms with Gasteiger partial charge in [0.05, 0.1) is 12.6 Å². The van der Waals surface area contributed by atoms with Crippen molar-refractivity contribution < 1.29 is 4.79 Å². The van der Waals surface area contributed by atoms with Crippen LogP contribution in [0.3, 0.4) is 0 Å². The molecule has 0 radical (unpaired) electrons. The first-order chi connectivity index (χ1) is 5.20. The van der Waals surface area contributed by atoms with Crippen molar-refractivity contribution in [3.63, 3.8) is 0 Å². The van der Waals surface area contributed by atoms with Crippen molar-refractivity contribution in [1.82, 2.24) is 10.2 Å². The summed E-state index contributed by atoms with van der Waals surface area (Å²) in [5.41, 5.74) is 0. The molecule has 1 amide bonds. The fraction of sp³-hybridized carbons (Fsp3) is 0.714. The van der Waals surface area contributed by atoms with Gasteiger partial charge in [-0.1, -0.05) is 0 Å². The van der Waals surface area contributed by atoms with E-state index in [2.05, 4.69) is 5.32 Å². The summed E-state index contributed by atoms with van der Waals surface area (Å²) >= 11 is 0. The number of carbonyl (C=O) groups is 1. The molecule has 0 aliphatic heterocycles. The lowest BCUT2D eigenvalue weighted by Crippen LogP contribution is -2.26. The number of carbonyl (C=O) groups excluding carboxylic acids is 1. The molecule has 11 heavy (non-hydrogen) atoms. The van der Waals surface area contributed by atoms with E-state index in [-0.39, 0.29) is 5.91 Å². The molecule has 0 spiro atoms. The molecule has 0 saturated carbocycles. The lowest BCUT2D eigenvalue weighted by Gasteiger charge is -2.10. The molecule has 0 bridgehead atoms. The molecule has 0 atom stereocenters. The van der Waals surface area contributed by atoms with Gasteiger partial charge in [0, 0.05) is 20.0 Å². The zero-order valence-corrected chi connectivity index (χ0v) is 6.92. The van der Waals surface area contributed by atoms with Crippen molar-refractivity contribution in [2.45, 2.75) is 6.42 Å². The van der Waals surface area contributed by atoms with Gasteiger partial charge in [0.25, 0.3) is 0 Å². The summed E-state index contributed by atoms with van der Waals surface area (Å²) < 4.78 is 0. The van der Waals surface area contributed by atoms with Gasteiger partial charge in [-0.25, -0.2) is 0 Å². The first kappa shape index (κ1) is 9.92. The van der Waals surface area contributed by atoms with Crippen LogP contribution in [0.2, 0.25) is 0 Å². The standard InChI is InChI=1S/C7H13N3O/c1-9-7(11)3-5-10(2)6-4-8/h3,5-6H2,1-2H3,(H,9,11). The maximum atomic E-state index is 10.7. The third-order valence-electron chi connectivity index (χ3n) is 1.34. The van der Waals surface area contributed by atoms with Gasteiger partial charge in [0.2, 0.25) is 5.91 Å². The summed E-state index contributed by atoms with van der Waals surface area (Å²) in [5.74, 6) is 0.00906. The average Bonchev–Trinajstić information content (AvgIpc) is 2.01. The highest BCUT2D eigenvalue weighted by Crippen LogP contribution is 1.85. The minimum absolute atomic E-state index is 0.00906. The van der Waals surface area contributed by atoms with Crippen LogP contribution in [-0.4, -0.2) is 38.0 Å². The fourth-order valence-electron chi connectivity index (χ4n) is 0.617. The lowest BCUT2D eigenvalue weighted by molar-refractivity contribution is -0.120. The maximum absolute atomic E-state index is 10.7. The quantitative estimate of drug-likeness (QED) is 0.561. The summed E-state index contributed by atoms with van der Waals surface area (Å²) in [6.45, 7) is 1.00. The summed E-state index contributed by atoms with van der Waals surface area (Å²) in [6, 6.07) is 2.00. The first-order valence-corrected chi connectivity index (χ1v) is 3.46. The second-order valence-electron chi connectivity index (χ2n) is 2.32. The molecular weight excluding hydrogens is 142 g/mol. The largest absolute Gasteiger partial charge is 0.359 e. The Labute approximate surface area is 66.8 Å². The molecule has 62 valence electrons. The predicted octanol–water partition coefficient (Wildman–Crippen LogP) is -0.422. The number of nitrogens with zero attached hydrogens (tertiary/aromatic N) is 2. The van der Waals surface area contributed by atoms with Gasteiger partial charge < -0.3 is 5.32 Å². The van der Waals surface area contributed by atoms with Crippen LogP contribution >= 0.6 is 0 Å². The lowest BCUT2D eigenvalue weighted by atomic mass is 10.4. The van der Waals surface area contributed by atoms with E-state index < -0.39 is 0 Å². The Balaban J connectivity index is 3.39. The molecule has 0 aromatic carbocycles. The van der Waals surface area contributed by atoms with E-state index in [1.807, 2.05) is 13.1 Å². The van der Waals surface area contributed by atoms with Gasteiger partial charge in [-0.15, -0.1) is 0 Å². The number of hydrogen-bond acceptors (Lipinski definition) is 3. The number of rotatable bonds is 4. The summed E-state index contributed by atoms with van der Waals surface area (Å²) in [6.07, 6.45) is 0.453. The van der Waals surface area contributed by atoms with Crippen LogP contribution in [0.5, 0.6) is 0 Å². The Morgan fingerprint density at radius 3 is 2.82 bits per heavy atom. The van der Waals surface area contributed by atoms with Crippen LogP contribution in [0.1, 0.15) is 6.42 Å². The van der Waals surface area contributed by atoms with Gasteiger partial charge in [-0.05, 0) is 7.05 Å². The number of nitriles is 1. The van der Waals surface area contributed by atoms with Crippen molar-refractivity contribution in [2.75, 3.05) is 27.2 Å². The smallest absolute Gasteiger partial charge is 0.221 e. The van der Waals surface area contributed by atoms with Crippen molar-refractivity contribution in [1.29, 1.82) is 5.26 Å². The molecule has 0 fully saturated rings. The van der Waals surface area contributed by atoms with Crippen molar-refractivity contribution in [3.8, 4) is 6.07 Å². The van der Waals surface area contributed by atoms with Crippen LogP contribution in [0.25, 0.3) is 0 Å². The van der Waals surface area contributed by atoms with Crippen LogP contribution in [0, 0.1) is 11.3 Å². The zero-order chi connectivity index (χ0) is 8.69. The highest BCUT2D eigenvalue weighted by Gasteiger charge is 2.00. The van der Waals surface area contributed by atoms with Crippen LogP contribution < -0.4 is 5.32 Å². The van der Waals surface area contributed by atoms with Gasteiger partial charge in [0.1, 0.15) is 0 Å². The molecule has 4 nitrogen and oxygen atoms in total. The first-order valence-electron chi connectivity index (χ1n) is 3.46. The molecular formula is C7H13N3O. The van der Waals surface area contributed by atoms with E-state index in [1.54, 1.807) is 11.9 Å². The third-order valence-corrected chi connectivity index (χ3v) is 1.34. The predicted molar refractivity (Wildman–Crippen MR) is 41.8 cm³/mol. The van der Waals surface area contributed by atoms with Crippen molar-refractivity contribution in [2.24, 2.45) is 0 Å². The van der Waals surface area contributed by atoms with E-state index in [4.69, 9.17) is 5.26 Å². The summed E-state index contributed by atoms with van der Waals surface area (Å²) in [5, 5.41) is 10.8. The molecule has 4 heteroatoms. The van der Waals surface area contributed by atoms with Crippen LogP contribution in [0.4, 0.5) is 0 Å². The fourth-order valence-corrected chi connectivity index (χ4v) is 0.617. The topological polar surface area (TPSA) is 56.1 Å². The molecule has 0 rings (SSSR count). The third kappa shape index (κ3) is 5.37. The van der Waals surface area contributed by atoms with Gasteiger partial charge in [-0.2, -0.15) is 5.26 Å². The normalized spacial score (nSPS) is 9.27. The maximum Gasteiger partial charge on any atom is 0.221 e. The average molecular weight is 155 g/mol. The highest BCUT2D eigenvalue weighted by molar-refractivity contribution is 5.75. The van der Waals surface area contributed by atoms with Gasteiger partial charge >= 0.3 is 0 Å². The van der Waals surface area contributed by atoms with Gasteiger partial charge in [-0.3, -0.25) is 9.69 Å². The molecule has 0 heterocycles. The summed E-state index contributed by atoms with van der Waals surface area (Å²) in [4.78, 5) is 12.5. The SMILES string of the molecule is CNC(=O)CCN(C)CC#N. The van der Waals surface area contributed by atoms with Gasteiger partial charge in [0.15, 0.2) is 0 Å². The van der Waals surface area contributed by atoms with Crippen molar-refractivity contribution >= 4 is 5.91 Å². The van der Waals surface area contributed by atoms with E-state index in [0.29, 0.717) is 19.5 Å². The highest BCUT2D eigenvalue weighted by atomic mass is 16.1. The van der Waals surface area contributed by atoms with E-state index in [1.165, 1.54) is 0 Å². The Morgan fingerprint density at radius 2 is 2.36 bits per heavy atom. The monoisotopic (exact) mass is 155 g/mol. The number of hydrogen-bond donors (Lipinski definition) is 1. The second-order valence-corrected chi connectivity index (χ2v) is 2.32. The minimum Gasteiger partial charge on any atom is -0.359 e. The second kappa shape index (κ2) is 5.69. The Morgan fingerprint density at radius 1 is 1.73 bits per heavy atom. The van der Waals surface area contributed by atoms with Crippen molar-refractivity contribution in [3.05, 3.63) is 0 Å². The van der Waals surface area contributed by atoms with Crippen LogP contribution in [0.15, 0.2) is 0 Å². The van der Waals surface area contributed by atoms with E-state index in [0.717, 1.165) is 0 Å². The molecule has 1 N–H and O–H groups in total. The Kier molecular flexibility index (Phi) is 5.13. The van der Waals surface area contributed by atoms with E-state index >= 15 is 0 Å². The Bertz CT molecular complexity index is 162. The molecule has 0 aliphatic carbocycles. The minimum atomic E-state index is 0.00906. The zero-order valence-electron chi connectivity index (χ0n) is 6.92. The Hall–Kier alpha value is -1.08. The molecule has 0 aromatic heterocycles. The van der Waals surface area contributed by atoms with E-state index in [9.17, 15) is 4.79 Å². The molecule has 0 aliphatic rings. The molecule has 0 aromatic rings. The number of nitrogens with one attached hydrogen (secondary N) is 1. The molecule has 0 saturated heterocycles. The molecule has 0 unspecified atom stereocenters. The number of amides is 1.